The predicted octanol–water partition coefficient (Wildman–Crippen LogP) is 1.76. The number of carbonyl (C=O) groups excluding carboxylic acids is 1. The molecular formula is C21H25N5O4. The highest BCUT2D eigenvalue weighted by atomic mass is 16.5. The van der Waals surface area contributed by atoms with Crippen molar-refractivity contribution in [3.05, 3.63) is 66.0 Å². The number of benzene rings is 1. The summed E-state index contributed by atoms with van der Waals surface area (Å²) >= 11 is 0. The Morgan fingerprint density at radius 2 is 2.03 bits per heavy atom. The molecule has 4 N–H and O–H groups in total. The predicted molar refractivity (Wildman–Crippen MR) is 112 cm³/mol. The van der Waals surface area contributed by atoms with Crippen molar-refractivity contribution in [1.82, 2.24) is 14.5 Å². The normalized spacial score (nSPS) is 14.5. The molecule has 0 bridgehead atoms. The number of carboxylic acid groups (broad SMARTS) is 1. The minimum atomic E-state index is -0.964. The van der Waals surface area contributed by atoms with Gasteiger partial charge in [0, 0.05) is 25.5 Å². The second-order valence-corrected chi connectivity index (χ2v) is 7.12. The molecule has 1 aromatic carbocycles. The van der Waals surface area contributed by atoms with E-state index in [1.165, 1.54) is 6.33 Å². The van der Waals surface area contributed by atoms with Crippen LogP contribution in [0.15, 0.2) is 60.3 Å². The van der Waals surface area contributed by atoms with Gasteiger partial charge in [-0.25, -0.2) is 4.98 Å². The first kappa shape index (κ1) is 21.0. The number of nitrogens with one attached hydrogen (secondary N) is 1. The first-order chi connectivity index (χ1) is 14.4. The van der Waals surface area contributed by atoms with E-state index in [2.05, 4.69) is 10.3 Å². The maximum Gasteiger partial charge on any atom is 0.312 e. The minimum Gasteiger partial charge on any atom is -0.497 e. The van der Waals surface area contributed by atoms with Crippen LogP contribution in [0.2, 0.25) is 0 Å². The number of carboxylic acids is 1. The Bertz CT molecular complexity index is 978. The minimum absolute atomic E-state index is 0.0239. The lowest BCUT2D eigenvalue weighted by molar-refractivity contribution is -0.138. The van der Waals surface area contributed by atoms with E-state index in [0.717, 1.165) is 5.57 Å². The number of nitrogens with zero attached hydrogens (tertiary/aromatic N) is 3. The fourth-order valence-electron chi connectivity index (χ4n) is 3.18. The zero-order chi connectivity index (χ0) is 21.7. The third kappa shape index (κ3) is 5.19. The summed E-state index contributed by atoms with van der Waals surface area (Å²) in [5.41, 5.74) is 7.83. The SMILES string of the molecule is COc1ccc(NC(=O)Cn2cnc(C(CC3=CC=C(N)N(C)C3)C(=O)O)c2)cc1. The van der Waals surface area contributed by atoms with Crippen LogP contribution < -0.4 is 15.8 Å². The fourth-order valence-corrected chi connectivity index (χ4v) is 3.18. The highest BCUT2D eigenvalue weighted by Gasteiger charge is 2.25. The van der Waals surface area contributed by atoms with Crippen molar-refractivity contribution in [3.8, 4) is 5.75 Å². The zero-order valence-corrected chi connectivity index (χ0v) is 16.9. The van der Waals surface area contributed by atoms with Crippen molar-refractivity contribution in [1.29, 1.82) is 0 Å². The standard InChI is InChI=1S/C21H25N5O4/c1-25-10-14(3-8-19(25)22)9-17(21(28)29)18-11-26(13-23-18)12-20(27)24-15-4-6-16(30-2)7-5-15/h3-8,11,13,17H,9-10,12,22H2,1-2H3,(H,24,27)(H,28,29). The third-order valence-corrected chi connectivity index (χ3v) is 4.85. The van der Waals surface area contributed by atoms with Crippen molar-refractivity contribution in [2.75, 3.05) is 26.0 Å². The second-order valence-electron chi connectivity index (χ2n) is 7.12. The van der Waals surface area contributed by atoms with Crippen molar-refractivity contribution < 1.29 is 19.4 Å². The van der Waals surface area contributed by atoms with Crippen molar-refractivity contribution in [2.24, 2.45) is 5.73 Å². The topological polar surface area (TPSA) is 123 Å². The van der Waals surface area contributed by atoms with Crippen LogP contribution in [0.25, 0.3) is 0 Å². The summed E-state index contributed by atoms with van der Waals surface area (Å²) in [7, 11) is 3.43. The Kier molecular flexibility index (Phi) is 6.41. The number of likely N-dealkylation sites (N-methyl/N-ethyl adjacent to an activating group) is 1. The molecule has 2 heterocycles. The van der Waals surface area contributed by atoms with Gasteiger partial charge in [0.25, 0.3) is 0 Å². The number of rotatable bonds is 8. The molecule has 9 nitrogen and oxygen atoms in total. The first-order valence-corrected chi connectivity index (χ1v) is 9.40. The fraction of sp³-hybridized carbons (Fsp3) is 0.286. The van der Waals surface area contributed by atoms with Gasteiger partial charge in [0.2, 0.25) is 5.91 Å². The number of hydrogen-bond acceptors (Lipinski definition) is 6. The van der Waals surface area contributed by atoms with Crippen molar-refractivity contribution in [3.63, 3.8) is 0 Å². The van der Waals surface area contributed by atoms with Crippen LogP contribution in [0, 0.1) is 0 Å². The van der Waals surface area contributed by atoms with Gasteiger partial charge in [0.1, 0.15) is 18.2 Å². The molecule has 30 heavy (non-hydrogen) atoms. The Hall–Kier alpha value is -3.75. The van der Waals surface area contributed by atoms with Crippen molar-refractivity contribution in [2.45, 2.75) is 18.9 Å². The number of nitrogens with two attached hydrogens (primary N) is 1. The molecule has 0 spiro atoms. The lowest BCUT2D eigenvalue weighted by atomic mass is 9.95. The second kappa shape index (κ2) is 9.17. The van der Waals surface area contributed by atoms with Crippen LogP contribution in [0.4, 0.5) is 5.69 Å². The number of amides is 1. The van der Waals surface area contributed by atoms with Gasteiger partial charge in [-0.1, -0.05) is 6.08 Å². The van der Waals surface area contributed by atoms with E-state index in [0.29, 0.717) is 35.9 Å². The summed E-state index contributed by atoms with van der Waals surface area (Å²) in [6.07, 6.45) is 7.00. The van der Waals surface area contributed by atoms with E-state index in [9.17, 15) is 14.7 Å². The van der Waals surface area contributed by atoms with Crippen molar-refractivity contribution >= 4 is 17.6 Å². The number of methoxy groups -OCH3 is 1. The maximum absolute atomic E-state index is 12.3. The molecule has 0 aliphatic carbocycles. The average Bonchev–Trinajstić information content (AvgIpc) is 3.16. The number of ether oxygens (including phenoxy) is 1. The van der Waals surface area contributed by atoms with E-state index in [1.807, 2.05) is 18.0 Å². The van der Waals surface area contributed by atoms with Crippen LogP contribution in [0.1, 0.15) is 18.0 Å². The largest absolute Gasteiger partial charge is 0.497 e. The number of aliphatic carboxylic acids is 1. The molecule has 1 atom stereocenters. The zero-order valence-electron chi connectivity index (χ0n) is 16.9. The monoisotopic (exact) mass is 411 g/mol. The van der Waals surface area contributed by atoms with E-state index >= 15 is 0 Å². The molecule has 0 saturated heterocycles. The van der Waals surface area contributed by atoms with Crippen LogP contribution >= 0.6 is 0 Å². The van der Waals surface area contributed by atoms with Gasteiger partial charge in [-0.3, -0.25) is 9.59 Å². The average molecular weight is 411 g/mol. The Morgan fingerprint density at radius 1 is 1.30 bits per heavy atom. The lowest BCUT2D eigenvalue weighted by Crippen LogP contribution is -2.29. The van der Waals surface area contributed by atoms with Crippen LogP contribution in [0.5, 0.6) is 5.75 Å². The van der Waals surface area contributed by atoms with Crippen LogP contribution in [-0.4, -0.2) is 52.1 Å². The highest BCUT2D eigenvalue weighted by Crippen LogP contribution is 2.25. The summed E-state index contributed by atoms with van der Waals surface area (Å²) in [4.78, 5) is 30.2. The first-order valence-electron chi connectivity index (χ1n) is 9.40. The van der Waals surface area contributed by atoms with Gasteiger partial charge in [-0.15, -0.1) is 0 Å². The molecule has 1 unspecified atom stereocenters. The van der Waals surface area contributed by atoms with Gasteiger partial charge in [-0.05, 0) is 42.3 Å². The lowest BCUT2D eigenvalue weighted by Gasteiger charge is -2.25. The molecule has 1 amide bonds. The maximum atomic E-state index is 12.3. The van der Waals surface area contributed by atoms with Crippen LogP contribution in [-0.2, 0) is 16.1 Å². The Balaban J connectivity index is 1.64. The summed E-state index contributed by atoms with van der Waals surface area (Å²) in [5.74, 6) is -0.673. The smallest absolute Gasteiger partial charge is 0.312 e. The van der Waals surface area contributed by atoms with Gasteiger partial charge in [0.15, 0.2) is 0 Å². The molecule has 1 aliphatic rings. The highest BCUT2D eigenvalue weighted by molar-refractivity contribution is 5.90. The number of hydrogen-bond donors (Lipinski definition) is 3. The molecule has 3 rings (SSSR count). The number of allylic oxidation sites excluding steroid dienone is 2. The Labute approximate surface area is 174 Å². The number of aromatic nitrogens is 2. The van der Waals surface area contributed by atoms with Gasteiger partial charge in [0.05, 0.1) is 25.0 Å². The van der Waals surface area contributed by atoms with E-state index in [1.54, 1.807) is 48.2 Å². The van der Waals surface area contributed by atoms with E-state index < -0.39 is 11.9 Å². The van der Waals surface area contributed by atoms with E-state index in [-0.39, 0.29) is 12.5 Å². The molecule has 0 saturated carbocycles. The van der Waals surface area contributed by atoms with Gasteiger partial charge >= 0.3 is 5.97 Å². The quantitative estimate of drug-likeness (QED) is 0.605. The molecule has 2 aromatic rings. The molecule has 1 aromatic heterocycles. The van der Waals surface area contributed by atoms with Gasteiger partial charge in [-0.2, -0.15) is 0 Å². The van der Waals surface area contributed by atoms with E-state index in [4.69, 9.17) is 10.5 Å². The summed E-state index contributed by atoms with van der Waals surface area (Å²) < 4.78 is 6.66. The molecule has 0 fully saturated rings. The van der Waals surface area contributed by atoms with Crippen LogP contribution in [0.3, 0.4) is 0 Å². The summed E-state index contributed by atoms with van der Waals surface area (Å²) in [6.45, 7) is 0.590. The number of anilines is 1. The Morgan fingerprint density at radius 3 is 2.67 bits per heavy atom. The number of carbonyl (C=O) groups is 2. The molecule has 1 aliphatic heterocycles. The third-order valence-electron chi connectivity index (χ3n) is 4.85. The summed E-state index contributed by atoms with van der Waals surface area (Å²) in [6, 6.07) is 6.99. The summed E-state index contributed by atoms with van der Waals surface area (Å²) in [5, 5.41) is 12.5. The molecule has 0 radical (unpaired) electrons. The molecule has 9 heteroatoms. The number of imidazole rings is 1. The molecule has 158 valence electrons. The molecular weight excluding hydrogens is 386 g/mol. The van der Waals surface area contributed by atoms with Gasteiger partial charge < -0.3 is 30.4 Å².